The van der Waals surface area contributed by atoms with Crippen LogP contribution in [0.25, 0.3) is 10.9 Å². The first-order valence-electron chi connectivity index (χ1n) is 12.2. The Bertz CT molecular complexity index is 1380. The number of nitrogens with one attached hydrogen (secondary N) is 3. The van der Waals surface area contributed by atoms with Gasteiger partial charge in [-0.05, 0) is 49.9 Å². The largest absolute Gasteiger partial charge is 0.494 e. The van der Waals surface area contributed by atoms with Crippen molar-refractivity contribution in [1.29, 1.82) is 0 Å². The zero-order valence-corrected chi connectivity index (χ0v) is 20.8. The van der Waals surface area contributed by atoms with Crippen LogP contribution in [0.15, 0.2) is 48.7 Å². The Hall–Kier alpha value is -4.25. The number of aromatic nitrogens is 4. The van der Waals surface area contributed by atoms with E-state index in [1.54, 1.807) is 12.1 Å². The molecule has 1 amide bonds. The van der Waals surface area contributed by atoms with Crippen LogP contribution in [0.5, 0.6) is 5.75 Å². The first-order chi connectivity index (χ1) is 18.0. The van der Waals surface area contributed by atoms with E-state index in [4.69, 9.17) is 4.74 Å². The summed E-state index contributed by atoms with van der Waals surface area (Å²) < 4.78 is 20.0. The highest BCUT2D eigenvalue weighted by molar-refractivity contribution is 6.01. The van der Waals surface area contributed by atoms with Gasteiger partial charge in [-0.3, -0.25) is 9.89 Å². The molecule has 11 heteroatoms. The van der Waals surface area contributed by atoms with E-state index in [1.165, 1.54) is 6.20 Å². The Morgan fingerprint density at radius 3 is 2.65 bits per heavy atom. The fourth-order valence-electron chi connectivity index (χ4n) is 4.16. The van der Waals surface area contributed by atoms with Crippen LogP contribution in [0.4, 0.5) is 27.7 Å². The number of carbonyl (C=O) groups is 1. The molecule has 2 aromatic carbocycles. The lowest BCUT2D eigenvalue weighted by Gasteiger charge is -2.32. The molecule has 0 aliphatic carbocycles. The molecule has 0 saturated carbocycles. The van der Waals surface area contributed by atoms with Crippen LogP contribution in [0.1, 0.15) is 12.5 Å². The number of ether oxygens (including phenoxy) is 1. The van der Waals surface area contributed by atoms with E-state index >= 15 is 0 Å². The van der Waals surface area contributed by atoms with Gasteiger partial charge in [-0.25, -0.2) is 9.37 Å². The van der Waals surface area contributed by atoms with Gasteiger partial charge in [-0.15, -0.1) is 0 Å². The minimum Gasteiger partial charge on any atom is -0.494 e. The number of fused-ring (bicyclic) bond motifs is 1. The Morgan fingerprint density at radius 2 is 1.89 bits per heavy atom. The van der Waals surface area contributed by atoms with E-state index in [2.05, 4.69) is 42.7 Å². The normalized spacial score (nSPS) is 14.1. The number of likely N-dealkylation sites (N-methyl/N-ethyl adjacent to an activating group) is 1. The number of piperazine rings is 1. The molecule has 0 unspecified atom stereocenters. The van der Waals surface area contributed by atoms with Crippen molar-refractivity contribution in [3.05, 3.63) is 60.0 Å². The number of nitrogens with zero attached hydrogens (tertiary/aromatic N) is 5. The van der Waals surface area contributed by atoms with Crippen LogP contribution < -0.4 is 20.3 Å². The molecule has 10 nitrogen and oxygen atoms in total. The second-order valence-corrected chi connectivity index (χ2v) is 8.92. The van der Waals surface area contributed by atoms with Crippen LogP contribution in [-0.4, -0.2) is 70.8 Å². The van der Waals surface area contributed by atoms with Crippen molar-refractivity contribution >= 4 is 40.1 Å². The summed E-state index contributed by atoms with van der Waals surface area (Å²) in [5.41, 5.74) is 2.21. The molecule has 3 N–H and O–H groups in total. The van der Waals surface area contributed by atoms with Crippen LogP contribution in [0, 0.1) is 5.82 Å². The van der Waals surface area contributed by atoms with Gasteiger partial charge >= 0.3 is 0 Å². The maximum atomic E-state index is 14.6. The quantitative estimate of drug-likeness (QED) is 0.334. The zero-order chi connectivity index (χ0) is 25.8. The number of hydrogen-bond donors (Lipinski definition) is 3. The van der Waals surface area contributed by atoms with E-state index in [-0.39, 0.29) is 18.1 Å². The van der Waals surface area contributed by atoms with E-state index in [0.717, 1.165) is 43.0 Å². The van der Waals surface area contributed by atoms with E-state index < -0.39 is 5.82 Å². The minimum atomic E-state index is -0.547. The summed E-state index contributed by atoms with van der Waals surface area (Å²) in [6.45, 7) is 5.86. The molecule has 3 heterocycles. The van der Waals surface area contributed by atoms with Crippen LogP contribution >= 0.6 is 0 Å². The standard InChI is InChI=1S/C26H29FN8O2/c1-3-37-19-7-4-17(5-8-19)14-23(36)30-24-20-15-18(6-9-22(20)32-33-24)29-25-21(27)16-28-26(31-25)35-12-10-34(2)11-13-35/h4-9,15-16H,3,10-14H2,1-2H3,(H,28,29,31)(H2,30,32,33,36). The van der Waals surface area contributed by atoms with Crippen molar-refractivity contribution in [1.82, 2.24) is 25.1 Å². The molecule has 0 radical (unpaired) electrons. The average molecular weight is 505 g/mol. The van der Waals surface area contributed by atoms with Crippen molar-refractivity contribution in [3.63, 3.8) is 0 Å². The third-order valence-corrected chi connectivity index (χ3v) is 6.20. The van der Waals surface area contributed by atoms with Gasteiger partial charge < -0.3 is 25.2 Å². The molecule has 0 spiro atoms. The van der Waals surface area contributed by atoms with Gasteiger partial charge in [0.2, 0.25) is 11.9 Å². The topological polar surface area (TPSA) is 111 Å². The second-order valence-electron chi connectivity index (χ2n) is 8.92. The van der Waals surface area contributed by atoms with Crippen LogP contribution in [-0.2, 0) is 11.2 Å². The summed E-state index contributed by atoms with van der Waals surface area (Å²) in [6.07, 6.45) is 1.38. The predicted octanol–water partition coefficient (Wildman–Crippen LogP) is 3.57. The van der Waals surface area contributed by atoms with Crippen molar-refractivity contribution in [2.24, 2.45) is 0 Å². The molecule has 5 rings (SSSR count). The van der Waals surface area contributed by atoms with Gasteiger partial charge in [-0.2, -0.15) is 10.1 Å². The van der Waals surface area contributed by atoms with E-state index in [9.17, 15) is 9.18 Å². The summed E-state index contributed by atoms with van der Waals surface area (Å²) in [5, 5.41) is 13.8. The third kappa shape index (κ3) is 5.78. The van der Waals surface area contributed by atoms with Gasteiger partial charge in [0.1, 0.15) is 5.75 Å². The van der Waals surface area contributed by atoms with Gasteiger partial charge in [-0.1, -0.05) is 12.1 Å². The van der Waals surface area contributed by atoms with Crippen molar-refractivity contribution in [2.75, 3.05) is 55.4 Å². The number of halogens is 1. The molecule has 37 heavy (non-hydrogen) atoms. The van der Waals surface area contributed by atoms with Gasteiger partial charge in [0.15, 0.2) is 17.5 Å². The Labute approximate surface area is 213 Å². The van der Waals surface area contributed by atoms with Crippen molar-refractivity contribution < 1.29 is 13.9 Å². The summed E-state index contributed by atoms with van der Waals surface area (Å²) >= 11 is 0. The molecule has 1 aliphatic heterocycles. The highest BCUT2D eigenvalue weighted by atomic mass is 19.1. The minimum absolute atomic E-state index is 0.0906. The average Bonchev–Trinajstić information content (AvgIpc) is 3.29. The number of aromatic amines is 1. The smallest absolute Gasteiger partial charge is 0.230 e. The summed E-state index contributed by atoms with van der Waals surface area (Å²) in [7, 11) is 2.07. The van der Waals surface area contributed by atoms with Crippen molar-refractivity contribution in [2.45, 2.75) is 13.3 Å². The maximum absolute atomic E-state index is 14.6. The molecule has 2 aromatic heterocycles. The number of H-pyrrole nitrogens is 1. The number of carbonyl (C=O) groups excluding carboxylic acids is 1. The lowest BCUT2D eigenvalue weighted by molar-refractivity contribution is -0.115. The third-order valence-electron chi connectivity index (χ3n) is 6.20. The molecule has 0 bridgehead atoms. The van der Waals surface area contributed by atoms with Crippen molar-refractivity contribution in [3.8, 4) is 5.75 Å². The Kier molecular flexibility index (Phi) is 7.13. The Morgan fingerprint density at radius 1 is 1.11 bits per heavy atom. The van der Waals surface area contributed by atoms with Crippen LogP contribution in [0.3, 0.4) is 0 Å². The monoisotopic (exact) mass is 504 g/mol. The molecule has 1 aliphatic rings. The first kappa shape index (κ1) is 24.4. The number of anilines is 4. The summed E-state index contributed by atoms with van der Waals surface area (Å²) in [4.78, 5) is 25.6. The SMILES string of the molecule is CCOc1ccc(CC(=O)Nc2n[nH]c3ccc(Nc4nc(N5CCN(C)CC5)ncc4F)cc23)cc1. The highest BCUT2D eigenvalue weighted by Gasteiger charge is 2.18. The Balaban J connectivity index is 1.29. The number of rotatable bonds is 8. The van der Waals surface area contributed by atoms with E-state index in [0.29, 0.717) is 29.4 Å². The molecule has 1 fully saturated rings. The lowest BCUT2D eigenvalue weighted by atomic mass is 10.1. The zero-order valence-electron chi connectivity index (χ0n) is 20.8. The summed E-state index contributed by atoms with van der Waals surface area (Å²) in [6, 6.07) is 12.8. The first-order valence-corrected chi connectivity index (χ1v) is 12.2. The molecule has 192 valence electrons. The number of hydrogen-bond acceptors (Lipinski definition) is 8. The van der Waals surface area contributed by atoms with Crippen LogP contribution in [0.2, 0.25) is 0 Å². The second kappa shape index (κ2) is 10.8. The number of benzene rings is 2. The lowest BCUT2D eigenvalue weighted by Crippen LogP contribution is -2.45. The fourth-order valence-corrected chi connectivity index (χ4v) is 4.16. The van der Waals surface area contributed by atoms with Gasteiger partial charge in [0, 0.05) is 37.3 Å². The molecular weight excluding hydrogens is 475 g/mol. The molecular formula is C26H29FN8O2. The maximum Gasteiger partial charge on any atom is 0.230 e. The highest BCUT2D eigenvalue weighted by Crippen LogP contribution is 2.27. The predicted molar refractivity (Wildman–Crippen MR) is 141 cm³/mol. The molecule has 1 saturated heterocycles. The fraction of sp³-hybridized carbons (Fsp3) is 0.308. The molecule has 0 atom stereocenters. The molecule has 4 aromatic rings. The van der Waals surface area contributed by atoms with Gasteiger partial charge in [0.25, 0.3) is 0 Å². The van der Waals surface area contributed by atoms with Gasteiger partial charge in [0.05, 0.1) is 24.7 Å². The van der Waals surface area contributed by atoms with E-state index in [1.807, 2.05) is 42.2 Å². The number of amides is 1. The summed E-state index contributed by atoms with van der Waals surface area (Å²) in [5.74, 6) is 0.997.